The smallest absolute Gasteiger partial charge is 0.256 e. The first-order valence-corrected chi connectivity index (χ1v) is 9.29. The quantitative estimate of drug-likeness (QED) is 0.869. The second-order valence-electron chi connectivity index (χ2n) is 8.58. The van der Waals surface area contributed by atoms with Crippen molar-refractivity contribution in [3.8, 4) is 0 Å². The van der Waals surface area contributed by atoms with Gasteiger partial charge in [-0.1, -0.05) is 20.8 Å². The van der Waals surface area contributed by atoms with E-state index in [2.05, 4.69) is 10.6 Å². The van der Waals surface area contributed by atoms with E-state index < -0.39 is 11.2 Å². The van der Waals surface area contributed by atoms with E-state index >= 15 is 0 Å². The largest absolute Gasteiger partial charge is 0.339 e. The summed E-state index contributed by atoms with van der Waals surface area (Å²) in [5, 5.41) is 6.31. The van der Waals surface area contributed by atoms with Crippen LogP contribution in [0.3, 0.4) is 0 Å². The van der Waals surface area contributed by atoms with E-state index in [0.29, 0.717) is 17.8 Å². The molecular weight excluding hydrogens is 333 g/mol. The molecule has 2 fully saturated rings. The molecule has 0 aliphatic carbocycles. The lowest BCUT2D eigenvalue weighted by Gasteiger charge is -2.35. The Kier molecular flexibility index (Phi) is 5.06. The Hall–Kier alpha value is -1.95. The summed E-state index contributed by atoms with van der Waals surface area (Å²) < 4.78 is 14.3. The van der Waals surface area contributed by atoms with Gasteiger partial charge in [-0.05, 0) is 43.9 Å². The minimum Gasteiger partial charge on any atom is -0.339 e. The summed E-state index contributed by atoms with van der Waals surface area (Å²) in [7, 11) is 1.75. The van der Waals surface area contributed by atoms with Crippen molar-refractivity contribution >= 4 is 17.5 Å². The minimum atomic E-state index is -0.566. The van der Waals surface area contributed by atoms with E-state index in [-0.39, 0.29) is 23.4 Å². The van der Waals surface area contributed by atoms with E-state index in [0.717, 1.165) is 25.7 Å². The first kappa shape index (κ1) is 18.8. The van der Waals surface area contributed by atoms with E-state index in [1.165, 1.54) is 18.2 Å². The van der Waals surface area contributed by atoms with Crippen LogP contribution in [0.1, 0.15) is 56.8 Å². The summed E-state index contributed by atoms with van der Waals surface area (Å²) >= 11 is 0. The van der Waals surface area contributed by atoms with Crippen LogP contribution in [0.5, 0.6) is 0 Å². The number of halogens is 1. The predicted molar refractivity (Wildman–Crippen MR) is 99.5 cm³/mol. The Morgan fingerprint density at radius 2 is 1.81 bits per heavy atom. The average molecular weight is 361 g/mol. The van der Waals surface area contributed by atoms with Crippen molar-refractivity contribution in [2.75, 3.05) is 12.4 Å². The molecule has 26 heavy (non-hydrogen) atoms. The van der Waals surface area contributed by atoms with E-state index in [1.54, 1.807) is 32.7 Å². The number of hydrogen-bond acceptors (Lipinski definition) is 3. The molecule has 2 aliphatic heterocycles. The molecule has 2 N–H and O–H groups in total. The van der Waals surface area contributed by atoms with Crippen LogP contribution in [0.25, 0.3) is 0 Å². The van der Waals surface area contributed by atoms with Gasteiger partial charge in [0.1, 0.15) is 5.82 Å². The van der Waals surface area contributed by atoms with Crippen LogP contribution in [0.4, 0.5) is 10.1 Å². The van der Waals surface area contributed by atoms with Crippen molar-refractivity contribution in [3.63, 3.8) is 0 Å². The molecule has 1 aromatic rings. The van der Waals surface area contributed by atoms with Gasteiger partial charge in [0.25, 0.3) is 5.91 Å². The van der Waals surface area contributed by atoms with Crippen LogP contribution < -0.4 is 10.6 Å². The van der Waals surface area contributed by atoms with Crippen molar-refractivity contribution in [3.05, 3.63) is 29.6 Å². The first-order valence-electron chi connectivity index (χ1n) is 9.29. The van der Waals surface area contributed by atoms with Crippen molar-refractivity contribution in [2.24, 2.45) is 5.41 Å². The number of anilines is 1. The van der Waals surface area contributed by atoms with E-state index in [1.807, 2.05) is 0 Å². The number of amides is 2. The zero-order valence-electron chi connectivity index (χ0n) is 15.9. The van der Waals surface area contributed by atoms with Gasteiger partial charge in [-0.25, -0.2) is 4.39 Å². The molecule has 0 aromatic heterocycles. The highest BCUT2D eigenvalue weighted by Crippen LogP contribution is 2.30. The van der Waals surface area contributed by atoms with E-state index in [4.69, 9.17) is 0 Å². The molecule has 2 aliphatic rings. The number of carbonyl (C=O) groups is 2. The lowest BCUT2D eigenvalue weighted by molar-refractivity contribution is -0.123. The SMILES string of the molecule is CN(C(=O)c1cc(NC(=O)C(C)(C)C)ccc1F)C1CC2CCC(C1)N2. The Labute approximate surface area is 154 Å². The Morgan fingerprint density at radius 3 is 2.38 bits per heavy atom. The number of fused-ring (bicyclic) bond motifs is 2. The standard InChI is InChI=1S/C20H28FN3O2/c1-20(2,3)19(26)23-14-7-8-17(21)16(11-14)18(25)24(4)15-9-12-5-6-13(10-15)22-12/h7-8,11-13,15,22H,5-6,9-10H2,1-4H3,(H,23,26). The molecular formula is C20H28FN3O2. The molecule has 2 unspecified atom stereocenters. The number of piperidine rings is 1. The molecule has 0 spiro atoms. The molecule has 2 bridgehead atoms. The van der Waals surface area contributed by atoms with Gasteiger partial charge < -0.3 is 15.5 Å². The third-order valence-corrected chi connectivity index (χ3v) is 5.45. The zero-order valence-corrected chi connectivity index (χ0v) is 15.9. The predicted octanol–water partition coefficient (Wildman–Crippen LogP) is 3.17. The van der Waals surface area contributed by atoms with E-state index in [9.17, 15) is 14.0 Å². The average Bonchev–Trinajstić information content (AvgIpc) is 2.92. The van der Waals surface area contributed by atoms with Crippen LogP contribution in [0.2, 0.25) is 0 Å². The maximum Gasteiger partial charge on any atom is 0.256 e. The van der Waals surface area contributed by atoms with Crippen LogP contribution >= 0.6 is 0 Å². The summed E-state index contributed by atoms with van der Waals surface area (Å²) in [4.78, 5) is 26.7. The van der Waals surface area contributed by atoms with Gasteiger partial charge in [-0.15, -0.1) is 0 Å². The fourth-order valence-electron chi connectivity index (χ4n) is 3.78. The molecule has 3 rings (SSSR count). The molecule has 6 heteroatoms. The highest BCUT2D eigenvalue weighted by atomic mass is 19.1. The molecule has 142 valence electrons. The number of nitrogens with zero attached hydrogens (tertiary/aromatic N) is 1. The fourth-order valence-corrected chi connectivity index (χ4v) is 3.78. The second-order valence-corrected chi connectivity index (χ2v) is 8.58. The molecule has 2 amide bonds. The zero-order chi connectivity index (χ0) is 19.1. The number of rotatable bonds is 3. The summed E-state index contributed by atoms with van der Waals surface area (Å²) in [6.07, 6.45) is 4.10. The maximum absolute atomic E-state index is 14.3. The van der Waals surface area contributed by atoms with Crippen LogP contribution in [0, 0.1) is 11.2 Å². The summed E-state index contributed by atoms with van der Waals surface area (Å²) in [6.45, 7) is 5.41. The Morgan fingerprint density at radius 1 is 1.19 bits per heavy atom. The molecule has 0 radical (unpaired) electrons. The Balaban J connectivity index is 1.76. The van der Waals surface area contributed by atoms with Crippen molar-refractivity contribution in [2.45, 2.75) is 64.6 Å². The van der Waals surface area contributed by atoms with Crippen LogP contribution in [-0.2, 0) is 4.79 Å². The Bertz CT molecular complexity index is 701. The van der Waals surface area contributed by atoms with Crippen LogP contribution in [-0.4, -0.2) is 41.9 Å². The van der Waals surface area contributed by atoms with Crippen molar-refractivity contribution in [1.29, 1.82) is 0 Å². The van der Waals surface area contributed by atoms with Gasteiger partial charge in [0.05, 0.1) is 5.56 Å². The van der Waals surface area contributed by atoms with Crippen LogP contribution in [0.15, 0.2) is 18.2 Å². The lowest BCUT2D eigenvalue weighted by atomic mass is 9.95. The third-order valence-electron chi connectivity index (χ3n) is 5.45. The topological polar surface area (TPSA) is 61.4 Å². The summed E-state index contributed by atoms with van der Waals surface area (Å²) in [5.74, 6) is -1.07. The summed E-state index contributed by atoms with van der Waals surface area (Å²) in [6, 6.07) is 5.19. The molecule has 2 atom stereocenters. The lowest BCUT2D eigenvalue weighted by Crippen LogP contribution is -2.48. The summed E-state index contributed by atoms with van der Waals surface area (Å²) in [5.41, 5.74) is -0.123. The number of nitrogens with one attached hydrogen (secondary N) is 2. The van der Waals surface area contributed by atoms with Gasteiger partial charge in [0, 0.05) is 36.3 Å². The molecule has 1 aromatic carbocycles. The molecule has 0 saturated carbocycles. The number of benzene rings is 1. The second kappa shape index (κ2) is 6.99. The minimum absolute atomic E-state index is 0.00471. The van der Waals surface area contributed by atoms with Gasteiger partial charge in [0.2, 0.25) is 5.91 Å². The highest BCUT2D eigenvalue weighted by Gasteiger charge is 2.37. The van der Waals surface area contributed by atoms with Crippen molar-refractivity contribution < 1.29 is 14.0 Å². The van der Waals surface area contributed by atoms with Gasteiger partial charge >= 0.3 is 0 Å². The fraction of sp³-hybridized carbons (Fsp3) is 0.600. The maximum atomic E-state index is 14.3. The van der Waals surface area contributed by atoms with Crippen molar-refractivity contribution in [1.82, 2.24) is 10.2 Å². The monoisotopic (exact) mass is 361 g/mol. The molecule has 2 heterocycles. The molecule has 2 saturated heterocycles. The number of carbonyl (C=O) groups excluding carboxylic acids is 2. The van der Waals surface area contributed by atoms with Gasteiger partial charge in [0.15, 0.2) is 0 Å². The van der Waals surface area contributed by atoms with Gasteiger partial charge in [-0.3, -0.25) is 9.59 Å². The highest BCUT2D eigenvalue weighted by molar-refractivity contribution is 5.98. The third kappa shape index (κ3) is 3.90. The van der Waals surface area contributed by atoms with Gasteiger partial charge in [-0.2, -0.15) is 0 Å². The number of hydrogen-bond donors (Lipinski definition) is 2. The first-order chi connectivity index (χ1) is 12.1. The molecule has 5 nitrogen and oxygen atoms in total. The normalized spacial score (nSPS) is 25.0.